The summed E-state index contributed by atoms with van der Waals surface area (Å²) < 4.78 is 27.5. The Kier molecular flexibility index (Phi) is 4.08. The Labute approximate surface area is 119 Å². The summed E-state index contributed by atoms with van der Waals surface area (Å²) >= 11 is 5.89. The van der Waals surface area contributed by atoms with Gasteiger partial charge in [0.15, 0.2) is 0 Å². The van der Waals surface area contributed by atoms with E-state index in [4.69, 9.17) is 17.3 Å². The summed E-state index contributed by atoms with van der Waals surface area (Å²) in [4.78, 5) is 0.170. The summed E-state index contributed by atoms with van der Waals surface area (Å²) in [6.07, 6.45) is 3.35. The van der Waals surface area contributed by atoms with Crippen molar-refractivity contribution in [2.75, 3.05) is 5.73 Å². The van der Waals surface area contributed by atoms with Crippen LogP contribution in [0.2, 0.25) is 5.02 Å². The van der Waals surface area contributed by atoms with Gasteiger partial charge in [0.2, 0.25) is 10.0 Å². The van der Waals surface area contributed by atoms with Gasteiger partial charge in [0.05, 0.1) is 4.90 Å². The van der Waals surface area contributed by atoms with Crippen LogP contribution >= 0.6 is 11.6 Å². The number of nitrogen functional groups attached to an aromatic ring is 1. The third-order valence-corrected chi connectivity index (χ3v) is 5.76. The van der Waals surface area contributed by atoms with Crippen LogP contribution in [0.4, 0.5) is 5.69 Å². The fraction of sp³-hybridized carbons (Fsp3) is 0.538. The molecule has 1 aliphatic rings. The molecule has 0 amide bonds. The van der Waals surface area contributed by atoms with E-state index >= 15 is 0 Å². The van der Waals surface area contributed by atoms with Gasteiger partial charge in [0.1, 0.15) is 0 Å². The zero-order valence-corrected chi connectivity index (χ0v) is 12.7. The van der Waals surface area contributed by atoms with Crippen LogP contribution in [0.25, 0.3) is 0 Å². The lowest BCUT2D eigenvalue weighted by Crippen LogP contribution is -2.40. The predicted molar refractivity (Wildman–Crippen MR) is 77.7 cm³/mol. The second-order valence-corrected chi connectivity index (χ2v) is 7.34. The van der Waals surface area contributed by atoms with Crippen molar-refractivity contribution in [3.05, 3.63) is 22.7 Å². The molecule has 0 spiro atoms. The average molecular weight is 303 g/mol. The second kappa shape index (κ2) is 5.31. The smallest absolute Gasteiger partial charge is 0.241 e. The normalized spacial score (nSPS) is 18.1. The van der Waals surface area contributed by atoms with Crippen LogP contribution in [0.1, 0.15) is 31.7 Å². The Bertz CT molecular complexity index is 583. The van der Waals surface area contributed by atoms with Crippen molar-refractivity contribution in [3.63, 3.8) is 0 Å². The molecule has 0 saturated heterocycles. The maximum absolute atomic E-state index is 12.4. The highest BCUT2D eigenvalue weighted by molar-refractivity contribution is 7.89. The van der Waals surface area contributed by atoms with Crippen LogP contribution in [0.15, 0.2) is 17.0 Å². The molecule has 1 saturated carbocycles. The fourth-order valence-corrected chi connectivity index (χ4v) is 4.20. The second-order valence-electron chi connectivity index (χ2n) is 5.22. The molecule has 0 aromatic heterocycles. The van der Waals surface area contributed by atoms with E-state index in [-0.39, 0.29) is 10.9 Å². The first kappa shape index (κ1) is 14.6. The van der Waals surface area contributed by atoms with Gasteiger partial charge >= 0.3 is 0 Å². The largest absolute Gasteiger partial charge is 0.398 e. The van der Waals surface area contributed by atoms with Gasteiger partial charge in [-0.05, 0) is 50.3 Å². The molecule has 1 aromatic carbocycles. The number of rotatable bonds is 4. The van der Waals surface area contributed by atoms with E-state index in [2.05, 4.69) is 4.72 Å². The molecule has 0 heterocycles. The average Bonchev–Trinajstić information content (AvgIpc) is 2.19. The zero-order chi connectivity index (χ0) is 14.2. The van der Waals surface area contributed by atoms with Gasteiger partial charge in [-0.25, -0.2) is 13.1 Å². The molecule has 0 bridgehead atoms. The highest BCUT2D eigenvalue weighted by Crippen LogP contribution is 2.31. The third kappa shape index (κ3) is 3.04. The molecular weight excluding hydrogens is 284 g/mol. The number of halogens is 1. The highest BCUT2D eigenvalue weighted by Gasteiger charge is 2.29. The molecule has 1 aromatic rings. The minimum atomic E-state index is -3.57. The summed E-state index contributed by atoms with van der Waals surface area (Å²) in [7, 11) is -3.57. The molecule has 106 valence electrons. The topological polar surface area (TPSA) is 72.2 Å². The van der Waals surface area contributed by atoms with Crippen LogP contribution in [-0.2, 0) is 10.0 Å². The van der Waals surface area contributed by atoms with Gasteiger partial charge in [0.25, 0.3) is 0 Å². The Balaban J connectivity index is 2.28. The predicted octanol–water partition coefficient (Wildman–Crippen LogP) is 2.70. The molecule has 3 N–H and O–H groups in total. The molecule has 1 unspecified atom stereocenters. The number of nitrogens with two attached hydrogens (primary N) is 1. The van der Waals surface area contributed by atoms with E-state index in [1.807, 2.05) is 6.92 Å². The van der Waals surface area contributed by atoms with Crippen molar-refractivity contribution in [2.24, 2.45) is 5.92 Å². The number of anilines is 1. The molecule has 1 fully saturated rings. The first-order chi connectivity index (χ1) is 8.81. The molecule has 19 heavy (non-hydrogen) atoms. The maximum atomic E-state index is 12.4. The zero-order valence-electron chi connectivity index (χ0n) is 11.1. The van der Waals surface area contributed by atoms with E-state index in [0.29, 0.717) is 22.2 Å². The third-order valence-electron chi connectivity index (χ3n) is 3.85. The lowest BCUT2D eigenvalue weighted by Gasteiger charge is -2.31. The number of benzene rings is 1. The van der Waals surface area contributed by atoms with Crippen molar-refractivity contribution in [1.29, 1.82) is 0 Å². The van der Waals surface area contributed by atoms with Gasteiger partial charge < -0.3 is 5.73 Å². The summed E-state index contributed by atoms with van der Waals surface area (Å²) in [5.41, 5.74) is 6.70. The first-order valence-electron chi connectivity index (χ1n) is 6.39. The van der Waals surface area contributed by atoms with Crippen LogP contribution < -0.4 is 10.5 Å². The van der Waals surface area contributed by atoms with Crippen molar-refractivity contribution in [3.8, 4) is 0 Å². The monoisotopic (exact) mass is 302 g/mol. The quantitative estimate of drug-likeness (QED) is 0.840. The van der Waals surface area contributed by atoms with Gasteiger partial charge in [-0.2, -0.15) is 0 Å². The standard InChI is InChI=1S/C13H19ClN2O2S/c1-8-12(15)6-11(14)7-13(8)19(17,18)16-9(2)10-4-3-5-10/h6-7,9-10,16H,3-5,15H2,1-2H3. The highest BCUT2D eigenvalue weighted by atomic mass is 35.5. The van der Waals surface area contributed by atoms with Crippen molar-refractivity contribution in [2.45, 2.75) is 44.0 Å². The molecule has 0 aliphatic heterocycles. The van der Waals surface area contributed by atoms with Crippen molar-refractivity contribution >= 4 is 27.3 Å². The summed E-state index contributed by atoms with van der Waals surface area (Å²) in [5.74, 6) is 0.437. The van der Waals surface area contributed by atoms with Gasteiger partial charge in [-0.1, -0.05) is 18.0 Å². The van der Waals surface area contributed by atoms with E-state index in [1.54, 1.807) is 13.0 Å². The maximum Gasteiger partial charge on any atom is 0.241 e. The summed E-state index contributed by atoms with van der Waals surface area (Å²) in [6.45, 7) is 3.60. The van der Waals surface area contributed by atoms with Crippen molar-refractivity contribution in [1.82, 2.24) is 4.72 Å². The fourth-order valence-electron chi connectivity index (χ4n) is 2.30. The number of hydrogen-bond acceptors (Lipinski definition) is 3. The SMILES string of the molecule is Cc1c(N)cc(Cl)cc1S(=O)(=O)NC(C)C1CCC1. The first-order valence-corrected chi connectivity index (χ1v) is 8.25. The van der Waals surface area contributed by atoms with Gasteiger partial charge in [-0.15, -0.1) is 0 Å². The summed E-state index contributed by atoms with van der Waals surface area (Å²) in [6, 6.07) is 2.95. The Morgan fingerprint density at radius 1 is 1.42 bits per heavy atom. The van der Waals surface area contributed by atoms with Crippen LogP contribution in [-0.4, -0.2) is 14.5 Å². The number of hydrogen-bond donors (Lipinski definition) is 2. The number of nitrogens with one attached hydrogen (secondary N) is 1. The lowest BCUT2D eigenvalue weighted by molar-refractivity contribution is 0.260. The van der Waals surface area contributed by atoms with Crippen LogP contribution in [0.3, 0.4) is 0 Å². The minimum absolute atomic E-state index is 0.0571. The Morgan fingerprint density at radius 2 is 2.05 bits per heavy atom. The molecule has 2 rings (SSSR count). The van der Waals surface area contributed by atoms with E-state index in [9.17, 15) is 8.42 Å². The number of sulfonamides is 1. The minimum Gasteiger partial charge on any atom is -0.398 e. The molecule has 6 heteroatoms. The van der Waals surface area contributed by atoms with Crippen molar-refractivity contribution < 1.29 is 8.42 Å². The molecule has 1 aliphatic carbocycles. The Morgan fingerprint density at radius 3 is 2.58 bits per heavy atom. The summed E-state index contributed by atoms with van der Waals surface area (Å²) in [5, 5.41) is 0.333. The van der Waals surface area contributed by atoms with Crippen LogP contribution in [0.5, 0.6) is 0 Å². The van der Waals surface area contributed by atoms with Gasteiger partial charge in [0, 0.05) is 16.8 Å². The Hall–Kier alpha value is -0.780. The molecule has 1 atom stereocenters. The van der Waals surface area contributed by atoms with E-state index < -0.39 is 10.0 Å². The van der Waals surface area contributed by atoms with E-state index in [0.717, 1.165) is 12.8 Å². The van der Waals surface area contributed by atoms with Crippen LogP contribution in [0, 0.1) is 12.8 Å². The molecule has 4 nitrogen and oxygen atoms in total. The molecular formula is C13H19ClN2O2S. The molecule has 0 radical (unpaired) electrons. The van der Waals surface area contributed by atoms with Gasteiger partial charge in [-0.3, -0.25) is 0 Å². The lowest BCUT2D eigenvalue weighted by atomic mass is 9.81. The van der Waals surface area contributed by atoms with E-state index in [1.165, 1.54) is 12.5 Å².